The lowest BCUT2D eigenvalue weighted by Crippen LogP contribution is -2.17. The van der Waals surface area contributed by atoms with Crippen LogP contribution in [-0.2, 0) is 0 Å². The SMILES string of the molecule is COc1ccc2[nH]c(C(=O)NN=Cc3ccccc3F)cc2c1. The van der Waals surface area contributed by atoms with Crippen LogP contribution in [0.5, 0.6) is 5.75 Å². The summed E-state index contributed by atoms with van der Waals surface area (Å²) in [6.45, 7) is 0. The standard InChI is InChI=1S/C17H14FN3O2/c1-23-13-6-7-15-12(8-13)9-16(20-15)17(22)21-19-10-11-4-2-3-5-14(11)18/h2-10,20H,1H3,(H,21,22). The van der Waals surface area contributed by atoms with Crippen LogP contribution >= 0.6 is 0 Å². The molecule has 0 aliphatic carbocycles. The summed E-state index contributed by atoms with van der Waals surface area (Å²) in [6, 6.07) is 13.3. The number of benzene rings is 2. The number of carbonyl (C=O) groups excluding carboxylic acids is 1. The van der Waals surface area contributed by atoms with E-state index in [9.17, 15) is 9.18 Å². The molecular formula is C17H14FN3O2. The molecule has 2 aromatic carbocycles. The van der Waals surface area contributed by atoms with E-state index in [0.29, 0.717) is 17.0 Å². The summed E-state index contributed by atoms with van der Waals surface area (Å²) in [6.07, 6.45) is 1.26. The first-order valence-electron chi connectivity index (χ1n) is 6.92. The largest absolute Gasteiger partial charge is 0.497 e. The van der Waals surface area contributed by atoms with Crippen molar-refractivity contribution in [3.8, 4) is 5.75 Å². The number of aromatic amines is 1. The van der Waals surface area contributed by atoms with Gasteiger partial charge in [-0.2, -0.15) is 5.10 Å². The van der Waals surface area contributed by atoms with Gasteiger partial charge in [0, 0.05) is 16.5 Å². The third-order valence-corrected chi connectivity index (χ3v) is 3.35. The summed E-state index contributed by atoms with van der Waals surface area (Å²) in [5.74, 6) is -0.100. The number of H-pyrrole nitrogens is 1. The van der Waals surface area contributed by atoms with Crippen LogP contribution in [0.4, 0.5) is 4.39 Å². The van der Waals surface area contributed by atoms with E-state index in [4.69, 9.17) is 4.74 Å². The Morgan fingerprint density at radius 1 is 1.26 bits per heavy atom. The molecular weight excluding hydrogens is 297 g/mol. The van der Waals surface area contributed by atoms with Crippen molar-refractivity contribution in [3.63, 3.8) is 0 Å². The second kappa shape index (κ2) is 6.31. The second-order valence-electron chi connectivity index (χ2n) is 4.86. The van der Waals surface area contributed by atoms with Crippen molar-refractivity contribution >= 4 is 23.0 Å². The fourth-order valence-corrected chi connectivity index (χ4v) is 2.16. The minimum absolute atomic E-state index is 0.300. The van der Waals surface area contributed by atoms with Gasteiger partial charge in [-0.3, -0.25) is 4.79 Å². The van der Waals surface area contributed by atoms with Gasteiger partial charge < -0.3 is 9.72 Å². The van der Waals surface area contributed by atoms with Crippen molar-refractivity contribution in [3.05, 3.63) is 65.6 Å². The minimum Gasteiger partial charge on any atom is -0.497 e. The lowest BCUT2D eigenvalue weighted by molar-refractivity contribution is 0.0951. The normalized spacial score (nSPS) is 11.0. The first-order valence-corrected chi connectivity index (χ1v) is 6.92. The predicted molar refractivity (Wildman–Crippen MR) is 86.3 cm³/mol. The molecule has 0 spiro atoms. The van der Waals surface area contributed by atoms with Crippen molar-refractivity contribution in [1.82, 2.24) is 10.4 Å². The molecule has 0 atom stereocenters. The van der Waals surface area contributed by atoms with Gasteiger partial charge in [0.15, 0.2) is 0 Å². The number of ether oxygens (including phenoxy) is 1. The average Bonchev–Trinajstić information content (AvgIpc) is 2.99. The van der Waals surface area contributed by atoms with E-state index in [0.717, 1.165) is 10.9 Å². The highest BCUT2D eigenvalue weighted by atomic mass is 19.1. The molecule has 6 heteroatoms. The fraction of sp³-hybridized carbons (Fsp3) is 0.0588. The maximum absolute atomic E-state index is 13.4. The molecule has 0 aliphatic rings. The van der Waals surface area contributed by atoms with Crippen molar-refractivity contribution in [2.75, 3.05) is 7.11 Å². The van der Waals surface area contributed by atoms with E-state index in [1.54, 1.807) is 37.4 Å². The van der Waals surface area contributed by atoms with Gasteiger partial charge >= 0.3 is 0 Å². The van der Waals surface area contributed by atoms with Crippen LogP contribution < -0.4 is 10.2 Å². The molecule has 3 aromatic rings. The molecule has 0 fully saturated rings. The van der Waals surface area contributed by atoms with E-state index in [-0.39, 0.29) is 0 Å². The molecule has 0 saturated carbocycles. The number of rotatable bonds is 4. The molecule has 0 aliphatic heterocycles. The Balaban J connectivity index is 1.74. The highest BCUT2D eigenvalue weighted by Crippen LogP contribution is 2.21. The summed E-state index contributed by atoms with van der Waals surface area (Å²) in [7, 11) is 1.58. The number of hydrazone groups is 1. The van der Waals surface area contributed by atoms with E-state index >= 15 is 0 Å². The Morgan fingerprint density at radius 2 is 2.09 bits per heavy atom. The molecule has 2 N–H and O–H groups in total. The Hall–Kier alpha value is -3.15. The monoisotopic (exact) mass is 311 g/mol. The Bertz CT molecular complexity index is 886. The summed E-state index contributed by atoms with van der Waals surface area (Å²) in [4.78, 5) is 15.1. The van der Waals surface area contributed by atoms with Crippen LogP contribution in [0.3, 0.4) is 0 Å². The Morgan fingerprint density at radius 3 is 2.87 bits per heavy atom. The number of halogens is 1. The second-order valence-corrected chi connectivity index (χ2v) is 4.86. The zero-order chi connectivity index (χ0) is 16.2. The summed E-state index contributed by atoms with van der Waals surface area (Å²) < 4.78 is 18.6. The van der Waals surface area contributed by atoms with E-state index in [2.05, 4.69) is 15.5 Å². The van der Waals surface area contributed by atoms with E-state index in [1.807, 2.05) is 12.1 Å². The quantitative estimate of drug-likeness (QED) is 0.574. The first kappa shape index (κ1) is 14.8. The number of amides is 1. The van der Waals surface area contributed by atoms with Gasteiger partial charge in [-0.25, -0.2) is 9.82 Å². The zero-order valence-electron chi connectivity index (χ0n) is 12.3. The number of nitrogens with one attached hydrogen (secondary N) is 2. The number of nitrogens with zero attached hydrogens (tertiary/aromatic N) is 1. The maximum atomic E-state index is 13.4. The van der Waals surface area contributed by atoms with Crippen LogP contribution in [0.1, 0.15) is 16.1 Å². The van der Waals surface area contributed by atoms with Gasteiger partial charge in [0.2, 0.25) is 0 Å². The van der Waals surface area contributed by atoms with Crippen LogP contribution in [0.15, 0.2) is 53.6 Å². The van der Waals surface area contributed by atoms with Gasteiger partial charge in [0.1, 0.15) is 17.3 Å². The fourth-order valence-electron chi connectivity index (χ4n) is 2.16. The van der Waals surface area contributed by atoms with Crippen molar-refractivity contribution in [2.24, 2.45) is 5.10 Å². The zero-order valence-corrected chi connectivity index (χ0v) is 12.3. The van der Waals surface area contributed by atoms with Gasteiger partial charge in [0.25, 0.3) is 5.91 Å². The molecule has 0 saturated heterocycles. The molecule has 1 heterocycles. The summed E-state index contributed by atoms with van der Waals surface area (Å²) in [5.41, 5.74) is 3.84. The van der Waals surface area contributed by atoms with Crippen molar-refractivity contribution < 1.29 is 13.9 Å². The molecule has 3 rings (SSSR count). The third-order valence-electron chi connectivity index (χ3n) is 3.35. The van der Waals surface area contributed by atoms with E-state index in [1.165, 1.54) is 12.3 Å². The molecule has 5 nitrogen and oxygen atoms in total. The molecule has 116 valence electrons. The highest BCUT2D eigenvalue weighted by molar-refractivity contribution is 5.98. The van der Waals surface area contributed by atoms with Gasteiger partial charge in [-0.1, -0.05) is 18.2 Å². The summed E-state index contributed by atoms with van der Waals surface area (Å²) in [5, 5.41) is 4.63. The van der Waals surface area contributed by atoms with Crippen molar-refractivity contribution in [2.45, 2.75) is 0 Å². The van der Waals surface area contributed by atoms with Crippen LogP contribution in [0.2, 0.25) is 0 Å². The van der Waals surface area contributed by atoms with Gasteiger partial charge in [0.05, 0.1) is 13.3 Å². The van der Waals surface area contributed by atoms with Crippen LogP contribution in [0.25, 0.3) is 10.9 Å². The molecule has 1 aromatic heterocycles. The Labute approximate surface area is 131 Å². The number of fused-ring (bicyclic) bond motifs is 1. The molecule has 0 bridgehead atoms. The lowest BCUT2D eigenvalue weighted by atomic mass is 10.2. The van der Waals surface area contributed by atoms with Gasteiger partial charge in [-0.05, 0) is 30.3 Å². The number of carbonyl (C=O) groups is 1. The molecule has 1 amide bonds. The topological polar surface area (TPSA) is 66.5 Å². The van der Waals surface area contributed by atoms with E-state index < -0.39 is 11.7 Å². The smallest absolute Gasteiger partial charge is 0.287 e. The predicted octanol–water partition coefficient (Wildman–Crippen LogP) is 3.08. The highest BCUT2D eigenvalue weighted by Gasteiger charge is 2.09. The van der Waals surface area contributed by atoms with Crippen molar-refractivity contribution in [1.29, 1.82) is 0 Å². The number of methoxy groups -OCH3 is 1. The first-order chi connectivity index (χ1) is 11.2. The van der Waals surface area contributed by atoms with Crippen LogP contribution in [-0.4, -0.2) is 24.2 Å². The number of hydrogen-bond acceptors (Lipinski definition) is 3. The lowest BCUT2D eigenvalue weighted by Gasteiger charge is -1.97. The molecule has 0 radical (unpaired) electrons. The molecule has 23 heavy (non-hydrogen) atoms. The minimum atomic E-state index is -0.409. The third kappa shape index (κ3) is 3.21. The Kier molecular flexibility index (Phi) is 4.05. The van der Waals surface area contributed by atoms with Gasteiger partial charge in [-0.15, -0.1) is 0 Å². The molecule has 0 unspecified atom stereocenters. The maximum Gasteiger partial charge on any atom is 0.287 e. The average molecular weight is 311 g/mol. The summed E-state index contributed by atoms with van der Waals surface area (Å²) >= 11 is 0. The van der Waals surface area contributed by atoms with Crippen LogP contribution in [0, 0.1) is 5.82 Å². The number of aromatic nitrogens is 1. The number of hydrogen-bond donors (Lipinski definition) is 2.